The molecule has 2 aromatic rings. The van der Waals surface area contributed by atoms with Crippen LogP contribution in [0.4, 0.5) is 0 Å². The number of ether oxygens (including phenoxy) is 1. The second kappa shape index (κ2) is 5.76. The Hall–Kier alpha value is -1.66. The molecule has 0 aliphatic heterocycles. The van der Waals surface area contributed by atoms with Crippen LogP contribution in [0.2, 0.25) is 25.7 Å². The highest BCUT2D eigenvalue weighted by Crippen LogP contribution is 2.18. The van der Waals surface area contributed by atoms with Gasteiger partial charge in [0.15, 0.2) is 0 Å². The van der Waals surface area contributed by atoms with Crippen LogP contribution >= 0.6 is 0 Å². The lowest BCUT2D eigenvalue weighted by molar-refractivity contribution is 0.0629. The number of carboxylic acid groups (broad SMARTS) is 1. The molecule has 0 aliphatic rings. The third-order valence-electron chi connectivity index (χ3n) is 3.09. The van der Waals surface area contributed by atoms with E-state index in [0.29, 0.717) is 12.3 Å². The number of hydrogen-bond donors (Lipinski definition) is 1. The van der Waals surface area contributed by atoms with Crippen LogP contribution in [0, 0.1) is 0 Å². The maximum atomic E-state index is 11.3. The lowest BCUT2D eigenvalue weighted by Gasteiger charge is -2.16. The summed E-state index contributed by atoms with van der Waals surface area (Å²) in [5, 5.41) is 10.1. The van der Waals surface area contributed by atoms with E-state index < -0.39 is 14.0 Å². The Morgan fingerprint density at radius 1 is 1.45 bits per heavy atom. The smallest absolute Gasteiger partial charge is 0.352 e. The number of fused-ring (bicyclic) bond motifs is 1. The molecule has 0 atom stereocenters. The molecule has 0 unspecified atom stereocenters. The predicted molar refractivity (Wildman–Crippen MR) is 80.8 cm³/mol. The van der Waals surface area contributed by atoms with E-state index in [1.807, 2.05) is 6.07 Å². The number of aromatic carboxylic acids is 1. The molecule has 2 heterocycles. The SMILES string of the molecule is C[Si](C)(C)CCOCn1c(C(=O)O)cc2cccnc21. The zero-order valence-corrected chi connectivity index (χ0v) is 13.1. The van der Waals surface area contributed by atoms with E-state index in [1.54, 1.807) is 22.9 Å². The van der Waals surface area contributed by atoms with Crippen LogP contribution in [-0.2, 0) is 11.5 Å². The minimum atomic E-state index is -1.13. The molecular formula is C14H20N2O3Si. The second-order valence-corrected chi connectivity index (χ2v) is 11.6. The molecule has 0 spiro atoms. The fraction of sp³-hybridized carbons (Fsp3) is 0.429. The zero-order valence-electron chi connectivity index (χ0n) is 12.1. The van der Waals surface area contributed by atoms with Crippen LogP contribution in [0.3, 0.4) is 0 Å². The number of aromatic nitrogens is 2. The molecule has 0 bridgehead atoms. The first-order chi connectivity index (χ1) is 9.38. The normalized spacial score (nSPS) is 11.9. The Morgan fingerprint density at radius 3 is 2.85 bits per heavy atom. The molecule has 2 rings (SSSR count). The highest BCUT2D eigenvalue weighted by molar-refractivity contribution is 6.76. The van der Waals surface area contributed by atoms with Crippen molar-refractivity contribution in [2.75, 3.05) is 6.61 Å². The van der Waals surface area contributed by atoms with Crippen molar-refractivity contribution in [3.63, 3.8) is 0 Å². The van der Waals surface area contributed by atoms with Gasteiger partial charge in [-0.1, -0.05) is 19.6 Å². The summed E-state index contributed by atoms with van der Waals surface area (Å²) in [7, 11) is -1.13. The lowest BCUT2D eigenvalue weighted by Crippen LogP contribution is -2.22. The fourth-order valence-electron chi connectivity index (χ4n) is 1.93. The molecule has 0 amide bonds. The molecule has 20 heavy (non-hydrogen) atoms. The zero-order chi connectivity index (χ0) is 14.8. The van der Waals surface area contributed by atoms with Crippen molar-refractivity contribution in [1.29, 1.82) is 0 Å². The highest BCUT2D eigenvalue weighted by Gasteiger charge is 2.16. The standard InChI is InChI=1S/C14H20N2O3Si/c1-20(2,3)8-7-19-10-16-12(14(17)18)9-11-5-4-6-15-13(11)16/h4-6,9H,7-8,10H2,1-3H3,(H,17,18). The number of carboxylic acids is 1. The molecule has 0 saturated carbocycles. The Bertz CT molecular complexity index is 616. The van der Waals surface area contributed by atoms with Crippen LogP contribution in [-0.4, -0.2) is 35.3 Å². The highest BCUT2D eigenvalue weighted by atomic mass is 28.3. The molecule has 108 valence electrons. The maximum absolute atomic E-state index is 11.3. The van der Waals surface area contributed by atoms with Crippen LogP contribution in [0.5, 0.6) is 0 Å². The first kappa shape index (κ1) is 14.7. The summed E-state index contributed by atoms with van der Waals surface area (Å²) in [5.74, 6) is -0.961. The van der Waals surface area contributed by atoms with Crippen LogP contribution in [0.25, 0.3) is 11.0 Å². The van der Waals surface area contributed by atoms with Crippen molar-refractivity contribution < 1.29 is 14.6 Å². The van der Waals surface area contributed by atoms with Gasteiger partial charge in [-0.3, -0.25) is 4.57 Å². The molecule has 0 radical (unpaired) electrons. The molecule has 0 fully saturated rings. The molecule has 1 N–H and O–H groups in total. The van der Waals surface area contributed by atoms with E-state index >= 15 is 0 Å². The Morgan fingerprint density at radius 2 is 2.20 bits per heavy atom. The van der Waals surface area contributed by atoms with Crippen LogP contribution in [0.15, 0.2) is 24.4 Å². The average molecular weight is 292 g/mol. The summed E-state index contributed by atoms with van der Waals surface area (Å²) in [5.41, 5.74) is 0.865. The lowest BCUT2D eigenvalue weighted by atomic mass is 10.3. The van der Waals surface area contributed by atoms with Gasteiger partial charge in [-0.2, -0.15) is 0 Å². The first-order valence-electron chi connectivity index (χ1n) is 6.64. The Kier molecular flexibility index (Phi) is 4.25. The molecule has 2 aromatic heterocycles. The number of carbonyl (C=O) groups is 1. The van der Waals surface area contributed by atoms with E-state index in [0.717, 1.165) is 11.4 Å². The number of hydrogen-bond acceptors (Lipinski definition) is 3. The van der Waals surface area contributed by atoms with Crippen molar-refractivity contribution in [3.05, 3.63) is 30.1 Å². The van der Waals surface area contributed by atoms with Gasteiger partial charge in [0.2, 0.25) is 0 Å². The monoisotopic (exact) mass is 292 g/mol. The van der Waals surface area contributed by atoms with Crippen LogP contribution < -0.4 is 0 Å². The van der Waals surface area contributed by atoms with E-state index in [1.165, 1.54) is 0 Å². The third kappa shape index (κ3) is 3.46. The number of rotatable bonds is 6. The van der Waals surface area contributed by atoms with Crippen molar-refractivity contribution in [1.82, 2.24) is 9.55 Å². The van der Waals surface area contributed by atoms with E-state index in [-0.39, 0.29) is 12.4 Å². The van der Waals surface area contributed by atoms with Gasteiger partial charge in [-0.15, -0.1) is 0 Å². The topological polar surface area (TPSA) is 64.3 Å². The van der Waals surface area contributed by atoms with Gasteiger partial charge in [0.25, 0.3) is 0 Å². The summed E-state index contributed by atoms with van der Waals surface area (Å²) >= 11 is 0. The maximum Gasteiger partial charge on any atom is 0.352 e. The molecule has 6 heteroatoms. The minimum absolute atomic E-state index is 0.215. The molecule has 0 saturated heterocycles. The quantitative estimate of drug-likeness (QED) is 0.656. The second-order valence-electron chi connectivity index (χ2n) is 6.03. The van der Waals surface area contributed by atoms with Gasteiger partial charge < -0.3 is 9.84 Å². The van der Waals surface area contributed by atoms with Crippen molar-refractivity contribution in [3.8, 4) is 0 Å². The first-order valence-corrected chi connectivity index (χ1v) is 10.3. The average Bonchev–Trinajstić information content (AvgIpc) is 2.72. The van der Waals surface area contributed by atoms with Gasteiger partial charge in [-0.25, -0.2) is 9.78 Å². The molecule has 0 aliphatic carbocycles. The van der Waals surface area contributed by atoms with Gasteiger partial charge in [-0.05, 0) is 24.2 Å². The van der Waals surface area contributed by atoms with E-state index in [2.05, 4.69) is 24.6 Å². The predicted octanol–water partition coefficient (Wildman–Crippen LogP) is 3.05. The van der Waals surface area contributed by atoms with Gasteiger partial charge in [0, 0.05) is 26.3 Å². The summed E-state index contributed by atoms with van der Waals surface area (Å²) in [4.78, 5) is 15.5. The molecule has 0 aromatic carbocycles. The van der Waals surface area contributed by atoms with Gasteiger partial charge in [0.05, 0.1) is 0 Å². The third-order valence-corrected chi connectivity index (χ3v) is 4.80. The van der Waals surface area contributed by atoms with Gasteiger partial charge >= 0.3 is 5.97 Å². The van der Waals surface area contributed by atoms with E-state index in [9.17, 15) is 9.90 Å². The minimum Gasteiger partial charge on any atom is -0.477 e. The Labute approximate surface area is 119 Å². The van der Waals surface area contributed by atoms with Crippen LogP contribution in [0.1, 0.15) is 10.5 Å². The van der Waals surface area contributed by atoms with Crippen molar-refractivity contribution >= 4 is 25.1 Å². The largest absolute Gasteiger partial charge is 0.477 e. The summed E-state index contributed by atoms with van der Waals surface area (Å²) in [6, 6.07) is 6.34. The summed E-state index contributed by atoms with van der Waals surface area (Å²) < 4.78 is 7.26. The van der Waals surface area contributed by atoms with Gasteiger partial charge in [0.1, 0.15) is 18.1 Å². The Balaban J connectivity index is 2.15. The molecule has 5 nitrogen and oxygen atoms in total. The summed E-state index contributed by atoms with van der Waals surface area (Å²) in [6.07, 6.45) is 1.66. The van der Waals surface area contributed by atoms with Crippen molar-refractivity contribution in [2.24, 2.45) is 0 Å². The number of nitrogens with zero attached hydrogens (tertiary/aromatic N) is 2. The summed E-state index contributed by atoms with van der Waals surface area (Å²) in [6.45, 7) is 7.73. The fourth-order valence-corrected chi connectivity index (χ4v) is 2.69. The molecular weight excluding hydrogens is 272 g/mol. The number of pyridine rings is 1. The van der Waals surface area contributed by atoms with E-state index in [4.69, 9.17) is 4.74 Å². The van der Waals surface area contributed by atoms with Crippen molar-refractivity contribution in [2.45, 2.75) is 32.4 Å².